The Bertz CT molecular complexity index is 514. The van der Waals surface area contributed by atoms with Gasteiger partial charge in [-0.2, -0.15) is 0 Å². The standard InChI is InChI=1S/C12H13BrN2O4/c1-7-2-3-8(13)4-9(7)12(19)15(5-10(14)16)6-11(17)18/h2-4H,5-6H2,1H3,(H2,14,16)(H,17,18). The van der Waals surface area contributed by atoms with Gasteiger partial charge in [-0.05, 0) is 24.6 Å². The number of hydrogen-bond donors (Lipinski definition) is 2. The van der Waals surface area contributed by atoms with Crippen LogP contribution < -0.4 is 5.73 Å². The number of aliphatic carboxylic acids is 1. The van der Waals surface area contributed by atoms with Crippen molar-refractivity contribution >= 4 is 33.7 Å². The highest BCUT2D eigenvalue weighted by atomic mass is 79.9. The first-order chi connectivity index (χ1) is 8.81. The molecule has 0 aliphatic rings. The number of halogens is 1. The zero-order valence-corrected chi connectivity index (χ0v) is 11.8. The summed E-state index contributed by atoms with van der Waals surface area (Å²) in [5, 5.41) is 8.76. The number of nitrogens with two attached hydrogens (primary N) is 1. The Labute approximate surface area is 118 Å². The van der Waals surface area contributed by atoms with Crippen LogP contribution in [0.1, 0.15) is 15.9 Å². The van der Waals surface area contributed by atoms with Crippen LogP contribution in [-0.4, -0.2) is 40.9 Å². The Morgan fingerprint density at radius 2 is 1.95 bits per heavy atom. The van der Waals surface area contributed by atoms with Gasteiger partial charge in [-0.3, -0.25) is 14.4 Å². The minimum absolute atomic E-state index is 0.330. The van der Waals surface area contributed by atoms with Gasteiger partial charge >= 0.3 is 5.97 Å². The van der Waals surface area contributed by atoms with Crippen molar-refractivity contribution in [1.82, 2.24) is 4.90 Å². The maximum atomic E-state index is 12.2. The van der Waals surface area contributed by atoms with Crippen LogP contribution in [-0.2, 0) is 9.59 Å². The lowest BCUT2D eigenvalue weighted by Crippen LogP contribution is -2.41. The number of carboxylic acid groups (broad SMARTS) is 1. The van der Waals surface area contributed by atoms with Gasteiger partial charge in [-0.15, -0.1) is 0 Å². The Morgan fingerprint density at radius 1 is 1.32 bits per heavy atom. The smallest absolute Gasteiger partial charge is 0.323 e. The Hall–Kier alpha value is -1.89. The van der Waals surface area contributed by atoms with Gasteiger partial charge in [0.25, 0.3) is 5.91 Å². The van der Waals surface area contributed by atoms with Gasteiger partial charge in [0, 0.05) is 10.0 Å². The second-order valence-corrected chi connectivity index (χ2v) is 4.90. The van der Waals surface area contributed by atoms with Crippen LogP contribution in [0.4, 0.5) is 0 Å². The molecular formula is C12H13BrN2O4. The van der Waals surface area contributed by atoms with E-state index in [1.54, 1.807) is 25.1 Å². The molecule has 0 saturated carbocycles. The number of nitrogens with zero attached hydrogens (tertiary/aromatic N) is 1. The number of carboxylic acids is 1. The van der Waals surface area contributed by atoms with Crippen LogP contribution in [0.15, 0.2) is 22.7 Å². The molecule has 1 rings (SSSR count). The van der Waals surface area contributed by atoms with Gasteiger partial charge in [0.2, 0.25) is 5.91 Å². The lowest BCUT2D eigenvalue weighted by molar-refractivity contribution is -0.138. The van der Waals surface area contributed by atoms with Crippen LogP contribution >= 0.6 is 15.9 Å². The van der Waals surface area contributed by atoms with Crippen molar-refractivity contribution in [3.05, 3.63) is 33.8 Å². The van der Waals surface area contributed by atoms with Crippen LogP contribution in [0.25, 0.3) is 0 Å². The predicted molar refractivity (Wildman–Crippen MR) is 71.6 cm³/mol. The van der Waals surface area contributed by atoms with Gasteiger partial charge < -0.3 is 15.7 Å². The molecule has 0 aliphatic carbocycles. The van der Waals surface area contributed by atoms with E-state index in [4.69, 9.17) is 10.8 Å². The average Bonchev–Trinajstić information content (AvgIpc) is 2.29. The SMILES string of the molecule is Cc1ccc(Br)cc1C(=O)N(CC(N)=O)CC(=O)O. The molecule has 0 fully saturated rings. The lowest BCUT2D eigenvalue weighted by Gasteiger charge is -2.20. The molecule has 7 heteroatoms. The number of primary amides is 1. The van der Waals surface area contributed by atoms with Gasteiger partial charge in [0.15, 0.2) is 0 Å². The molecule has 0 unspecified atom stereocenters. The summed E-state index contributed by atoms with van der Waals surface area (Å²) in [6.45, 7) is 0.716. The summed E-state index contributed by atoms with van der Waals surface area (Å²) in [5.41, 5.74) is 6.04. The maximum Gasteiger partial charge on any atom is 0.323 e. The number of carbonyl (C=O) groups is 3. The molecule has 0 bridgehead atoms. The van der Waals surface area contributed by atoms with Crippen LogP contribution in [0.5, 0.6) is 0 Å². The molecule has 6 nitrogen and oxygen atoms in total. The third kappa shape index (κ3) is 4.36. The van der Waals surface area contributed by atoms with E-state index >= 15 is 0 Å². The van der Waals surface area contributed by atoms with E-state index in [0.717, 1.165) is 4.90 Å². The number of hydrogen-bond acceptors (Lipinski definition) is 3. The first kappa shape index (κ1) is 15.2. The first-order valence-electron chi connectivity index (χ1n) is 5.36. The van der Waals surface area contributed by atoms with E-state index in [9.17, 15) is 14.4 Å². The highest BCUT2D eigenvalue weighted by Gasteiger charge is 2.21. The quantitative estimate of drug-likeness (QED) is 0.833. The molecule has 1 aromatic rings. The van der Waals surface area contributed by atoms with Crippen molar-refractivity contribution in [2.75, 3.05) is 13.1 Å². The van der Waals surface area contributed by atoms with Crippen molar-refractivity contribution in [2.24, 2.45) is 5.73 Å². The fraction of sp³-hybridized carbons (Fsp3) is 0.250. The number of benzene rings is 1. The Balaban J connectivity index is 3.07. The minimum Gasteiger partial charge on any atom is -0.480 e. The average molecular weight is 329 g/mol. The van der Waals surface area contributed by atoms with E-state index in [0.29, 0.717) is 15.6 Å². The summed E-state index contributed by atoms with van der Waals surface area (Å²) in [6.07, 6.45) is 0. The fourth-order valence-corrected chi connectivity index (χ4v) is 1.91. The molecule has 0 atom stereocenters. The summed E-state index contributed by atoms with van der Waals surface area (Å²) < 4.78 is 0.691. The molecule has 0 aliphatic heterocycles. The molecule has 0 spiro atoms. The normalized spacial score (nSPS) is 10.0. The van der Waals surface area contributed by atoms with E-state index in [1.807, 2.05) is 0 Å². The van der Waals surface area contributed by atoms with Crippen molar-refractivity contribution in [1.29, 1.82) is 0 Å². The van der Waals surface area contributed by atoms with Crippen molar-refractivity contribution in [2.45, 2.75) is 6.92 Å². The Morgan fingerprint density at radius 3 is 2.47 bits per heavy atom. The molecule has 2 amide bonds. The minimum atomic E-state index is -1.21. The summed E-state index contributed by atoms with van der Waals surface area (Å²) in [7, 11) is 0. The summed E-state index contributed by atoms with van der Waals surface area (Å²) in [5.74, 6) is -2.51. The zero-order valence-electron chi connectivity index (χ0n) is 10.2. The third-order valence-electron chi connectivity index (χ3n) is 2.39. The number of aryl methyl sites for hydroxylation is 1. The van der Waals surface area contributed by atoms with Crippen LogP contribution in [0.2, 0.25) is 0 Å². The first-order valence-corrected chi connectivity index (χ1v) is 6.16. The molecule has 1 aromatic carbocycles. The molecule has 3 N–H and O–H groups in total. The topological polar surface area (TPSA) is 101 Å². The highest BCUT2D eigenvalue weighted by Crippen LogP contribution is 2.17. The van der Waals surface area contributed by atoms with Gasteiger partial charge in [-0.25, -0.2) is 0 Å². The van der Waals surface area contributed by atoms with Crippen molar-refractivity contribution < 1.29 is 19.5 Å². The van der Waals surface area contributed by atoms with E-state index < -0.39 is 30.9 Å². The van der Waals surface area contributed by atoms with Gasteiger partial charge in [0.05, 0.1) is 0 Å². The summed E-state index contributed by atoms with van der Waals surface area (Å²) >= 11 is 3.24. The lowest BCUT2D eigenvalue weighted by atomic mass is 10.1. The second kappa shape index (κ2) is 6.33. The molecule has 0 saturated heterocycles. The van der Waals surface area contributed by atoms with Crippen LogP contribution in [0.3, 0.4) is 0 Å². The molecular weight excluding hydrogens is 316 g/mol. The predicted octanol–water partition coefficient (Wildman–Crippen LogP) is 0.770. The molecule has 0 heterocycles. The largest absolute Gasteiger partial charge is 0.480 e. The van der Waals surface area contributed by atoms with Crippen LogP contribution in [0, 0.1) is 6.92 Å². The van der Waals surface area contributed by atoms with E-state index in [1.165, 1.54) is 0 Å². The number of rotatable bonds is 5. The summed E-state index contributed by atoms with van der Waals surface area (Å²) in [6, 6.07) is 5.07. The maximum absolute atomic E-state index is 12.2. The van der Waals surface area contributed by atoms with Crippen molar-refractivity contribution in [3.63, 3.8) is 0 Å². The fourth-order valence-electron chi connectivity index (χ4n) is 1.55. The Kier molecular flexibility index (Phi) is 5.05. The molecule has 0 aromatic heterocycles. The van der Waals surface area contributed by atoms with E-state index in [2.05, 4.69) is 15.9 Å². The van der Waals surface area contributed by atoms with Gasteiger partial charge in [-0.1, -0.05) is 22.0 Å². The van der Waals surface area contributed by atoms with Crippen molar-refractivity contribution in [3.8, 4) is 0 Å². The molecule has 102 valence electrons. The second-order valence-electron chi connectivity index (χ2n) is 3.98. The van der Waals surface area contributed by atoms with E-state index in [-0.39, 0.29) is 0 Å². The third-order valence-corrected chi connectivity index (χ3v) is 2.88. The summed E-state index contributed by atoms with van der Waals surface area (Å²) in [4.78, 5) is 34.8. The highest BCUT2D eigenvalue weighted by molar-refractivity contribution is 9.10. The monoisotopic (exact) mass is 328 g/mol. The zero-order chi connectivity index (χ0) is 14.6. The number of amides is 2. The molecule has 0 radical (unpaired) electrons. The number of carbonyl (C=O) groups excluding carboxylic acids is 2. The van der Waals surface area contributed by atoms with Gasteiger partial charge in [0.1, 0.15) is 13.1 Å². The molecule has 19 heavy (non-hydrogen) atoms.